The van der Waals surface area contributed by atoms with Crippen molar-refractivity contribution in [1.82, 2.24) is 0 Å². The van der Waals surface area contributed by atoms with Crippen molar-refractivity contribution < 1.29 is 4.79 Å². The second-order valence-electron chi connectivity index (χ2n) is 2.19. The molecule has 0 N–H and O–H groups in total. The highest BCUT2D eigenvalue weighted by Crippen LogP contribution is 2.23. The fraction of sp³-hybridized carbons (Fsp3) is 0.125. The lowest BCUT2D eigenvalue weighted by Crippen LogP contribution is -1.99. The molecule has 0 atom stereocenters. The summed E-state index contributed by atoms with van der Waals surface area (Å²) in [4.78, 5) is 11.1. The Morgan fingerprint density at radius 3 is 2.67 bits per heavy atom. The van der Waals surface area contributed by atoms with Gasteiger partial charge in [-0.05, 0) is 28.1 Å². The highest BCUT2D eigenvalue weighted by atomic mass is 79.9. The number of carbonyl (C=O) groups excluding carboxylic acids is 1. The van der Waals surface area contributed by atoms with Crippen molar-refractivity contribution in [3.05, 3.63) is 33.3 Å². The second-order valence-corrected chi connectivity index (χ2v) is 3.71. The van der Waals surface area contributed by atoms with Crippen LogP contribution in [-0.4, -0.2) is 11.7 Å². The number of Topliss-reactive ketones (excluding diaryl/α,β-unsaturated/α-hetero) is 1. The number of hydrogen-bond donors (Lipinski definition) is 0. The van der Waals surface area contributed by atoms with Crippen LogP contribution in [0.5, 0.6) is 0 Å². The van der Waals surface area contributed by atoms with Gasteiger partial charge in [0.1, 0.15) is 0 Å². The van der Waals surface area contributed by atoms with Crippen molar-refractivity contribution in [3.8, 4) is 0 Å². The molecule has 0 unspecified atom stereocenters. The van der Waals surface area contributed by atoms with E-state index in [4.69, 9.17) is 23.2 Å². The third-order valence-corrected chi connectivity index (χ3v) is 2.84. The molecule has 0 saturated heterocycles. The van der Waals surface area contributed by atoms with Crippen molar-refractivity contribution in [1.29, 1.82) is 0 Å². The van der Waals surface area contributed by atoms with E-state index >= 15 is 0 Å². The highest BCUT2D eigenvalue weighted by Gasteiger charge is 2.05. The number of hydrogen-bond acceptors (Lipinski definition) is 1. The molecule has 0 saturated carbocycles. The van der Waals surface area contributed by atoms with Gasteiger partial charge in [-0.25, -0.2) is 0 Å². The summed E-state index contributed by atoms with van der Waals surface area (Å²) < 4.78 is 0.773. The minimum atomic E-state index is -0.119. The molecule has 0 radical (unpaired) electrons. The van der Waals surface area contributed by atoms with Crippen molar-refractivity contribution in [2.24, 2.45) is 0 Å². The van der Waals surface area contributed by atoms with E-state index < -0.39 is 0 Å². The van der Waals surface area contributed by atoms with Gasteiger partial charge in [0.2, 0.25) is 0 Å². The molecule has 1 aromatic rings. The first-order chi connectivity index (χ1) is 5.65. The summed E-state index contributed by atoms with van der Waals surface area (Å²) in [6, 6.07) is 5.00. The van der Waals surface area contributed by atoms with Crippen LogP contribution in [0, 0.1) is 0 Å². The van der Waals surface area contributed by atoms with Crippen LogP contribution in [0.15, 0.2) is 22.7 Å². The zero-order chi connectivity index (χ0) is 9.14. The Labute approximate surface area is 88.8 Å². The molecular weight excluding hydrogens is 263 g/mol. The van der Waals surface area contributed by atoms with Gasteiger partial charge in [-0.1, -0.05) is 17.7 Å². The van der Waals surface area contributed by atoms with Crippen molar-refractivity contribution in [2.75, 3.05) is 5.88 Å². The molecule has 0 amide bonds. The van der Waals surface area contributed by atoms with Gasteiger partial charge in [-0.15, -0.1) is 11.6 Å². The fourth-order valence-corrected chi connectivity index (χ4v) is 1.33. The average Bonchev–Trinajstić information content (AvgIpc) is 2.08. The number of ketones is 1. The quantitative estimate of drug-likeness (QED) is 0.592. The number of rotatable bonds is 2. The molecule has 0 bridgehead atoms. The minimum Gasteiger partial charge on any atom is -0.293 e. The lowest BCUT2D eigenvalue weighted by molar-refractivity contribution is 0.102. The highest BCUT2D eigenvalue weighted by molar-refractivity contribution is 9.10. The van der Waals surface area contributed by atoms with Crippen LogP contribution in [-0.2, 0) is 0 Å². The predicted octanol–water partition coefficient (Wildman–Crippen LogP) is 3.52. The lowest BCUT2D eigenvalue weighted by atomic mass is 10.1. The first-order valence-corrected chi connectivity index (χ1v) is 4.90. The maximum Gasteiger partial charge on any atom is 0.177 e. The van der Waals surface area contributed by atoms with Gasteiger partial charge in [-0.2, -0.15) is 0 Å². The Balaban J connectivity index is 3.05. The molecule has 0 aromatic heterocycles. The van der Waals surface area contributed by atoms with E-state index in [2.05, 4.69) is 15.9 Å². The van der Waals surface area contributed by atoms with E-state index in [9.17, 15) is 4.79 Å². The first-order valence-electron chi connectivity index (χ1n) is 3.19. The van der Waals surface area contributed by atoms with Crippen LogP contribution in [0.2, 0.25) is 5.02 Å². The third kappa shape index (κ3) is 2.22. The van der Waals surface area contributed by atoms with E-state index in [-0.39, 0.29) is 11.7 Å². The number of halogens is 3. The SMILES string of the molecule is O=C(CCl)c1ccc(Br)c(Cl)c1. The monoisotopic (exact) mass is 266 g/mol. The molecule has 12 heavy (non-hydrogen) atoms. The third-order valence-electron chi connectivity index (χ3n) is 1.36. The standard InChI is InChI=1S/C8H5BrCl2O/c9-6-2-1-5(3-7(6)11)8(12)4-10/h1-3H,4H2. The molecule has 0 spiro atoms. The average molecular weight is 268 g/mol. The minimum absolute atomic E-state index is 0.0159. The topological polar surface area (TPSA) is 17.1 Å². The van der Waals surface area contributed by atoms with Gasteiger partial charge in [0.05, 0.1) is 10.9 Å². The number of carbonyl (C=O) groups is 1. The van der Waals surface area contributed by atoms with Crippen molar-refractivity contribution >= 4 is 44.9 Å². The van der Waals surface area contributed by atoms with Gasteiger partial charge < -0.3 is 0 Å². The molecule has 0 aliphatic rings. The molecular formula is C8H5BrCl2O. The summed E-state index contributed by atoms with van der Waals surface area (Å²) in [6.07, 6.45) is 0. The van der Waals surface area contributed by atoms with Gasteiger partial charge in [0.25, 0.3) is 0 Å². The maximum atomic E-state index is 11.1. The predicted molar refractivity (Wildman–Crippen MR) is 54.2 cm³/mol. The molecule has 0 aliphatic heterocycles. The largest absolute Gasteiger partial charge is 0.293 e. The molecule has 4 heteroatoms. The normalized spacial score (nSPS) is 9.92. The summed E-state index contributed by atoms with van der Waals surface area (Å²) >= 11 is 14.4. The van der Waals surface area contributed by atoms with Crippen LogP contribution < -0.4 is 0 Å². The Bertz CT molecular complexity index is 312. The van der Waals surface area contributed by atoms with Gasteiger partial charge in [0.15, 0.2) is 5.78 Å². The van der Waals surface area contributed by atoms with E-state index in [1.807, 2.05) is 0 Å². The molecule has 1 nitrogen and oxygen atoms in total. The molecule has 1 rings (SSSR count). The fourth-order valence-electron chi connectivity index (χ4n) is 0.747. The number of benzene rings is 1. The first kappa shape index (κ1) is 10.0. The van der Waals surface area contributed by atoms with Crippen LogP contribution in [0.1, 0.15) is 10.4 Å². The van der Waals surface area contributed by atoms with Gasteiger partial charge in [0, 0.05) is 10.0 Å². The summed E-state index contributed by atoms with van der Waals surface area (Å²) in [5.41, 5.74) is 0.540. The maximum absolute atomic E-state index is 11.1. The van der Waals surface area contributed by atoms with Gasteiger partial charge >= 0.3 is 0 Å². The van der Waals surface area contributed by atoms with Crippen LogP contribution in [0.25, 0.3) is 0 Å². The summed E-state index contributed by atoms with van der Waals surface area (Å²) in [5.74, 6) is -0.135. The zero-order valence-corrected chi connectivity index (χ0v) is 9.08. The molecule has 64 valence electrons. The van der Waals surface area contributed by atoms with Crippen molar-refractivity contribution in [3.63, 3.8) is 0 Å². The van der Waals surface area contributed by atoms with Crippen LogP contribution in [0.3, 0.4) is 0 Å². The van der Waals surface area contributed by atoms with Crippen molar-refractivity contribution in [2.45, 2.75) is 0 Å². The van der Waals surface area contributed by atoms with E-state index in [1.165, 1.54) is 0 Å². The molecule has 1 aromatic carbocycles. The Morgan fingerprint density at radius 2 is 2.17 bits per heavy atom. The van der Waals surface area contributed by atoms with Crippen LogP contribution in [0.4, 0.5) is 0 Å². The van der Waals surface area contributed by atoms with Gasteiger partial charge in [-0.3, -0.25) is 4.79 Å². The molecule has 0 aliphatic carbocycles. The zero-order valence-electron chi connectivity index (χ0n) is 5.98. The lowest BCUT2D eigenvalue weighted by Gasteiger charge is -1.99. The van der Waals surface area contributed by atoms with E-state index in [1.54, 1.807) is 18.2 Å². The Morgan fingerprint density at radius 1 is 1.50 bits per heavy atom. The Hall–Kier alpha value is -0.0500. The number of alkyl halides is 1. The van der Waals surface area contributed by atoms with E-state index in [0.717, 1.165) is 4.47 Å². The molecule has 0 heterocycles. The summed E-state index contributed by atoms with van der Waals surface area (Å²) in [7, 11) is 0. The summed E-state index contributed by atoms with van der Waals surface area (Å²) in [5, 5.41) is 0.519. The molecule has 0 fully saturated rings. The smallest absolute Gasteiger partial charge is 0.177 e. The Kier molecular flexibility index (Phi) is 3.56. The summed E-state index contributed by atoms with van der Waals surface area (Å²) in [6.45, 7) is 0. The van der Waals surface area contributed by atoms with Crippen LogP contribution >= 0.6 is 39.1 Å². The second kappa shape index (κ2) is 4.26. The van der Waals surface area contributed by atoms with E-state index in [0.29, 0.717) is 10.6 Å².